The zero-order valence-electron chi connectivity index (χ0n) is 27.1. The quantitative estimate of drug-likeness (QED) is 0.217. The van der Waals surface area contributed by atoms with E-state index in [9.17, 15) is 37.5 Å². The molecule has 50 heavy (non-hydrogen) atoms. The van der Waals surface area contributed by atoms with Gasteiger partial charge in [0.25, 0.3) is 5.91 Å². The van der Waals surface area contributed by atoms with Crippen LogP contribution in [0.2, 0.25) is 0 Å². The molecule has 0 radical (unpaired) electrons. The number of phenolic OH excluding ortho intramolecular Hbond substituents is 1. The number of aromatic nitrogens is 2. The first-order valence-corrected chi connectivity index (χ1v) is 17.5. The van der Waals surface area contributed by atoms with Crippen molar-refractivity contribution in [3.63, 3.8) is 0 Å². The molecule has 4 aromatic rings. The Morgan fingerprint density at radius 1 is 1.04 bits per heavy atom. The molecule has 0 aliphatic carbocycles. The smallest absolute Gasteiger partial charge is 0.329 e. The number of phenols is 1. The van der Waals surface area contributed by atoms with Gasteiger partial charge in [0, 0.05) is 49.7 Å². The molecule has 3 aliphatic heterocycles. The number of aromatic hydroxyl groups is 1. The molecule has 1 aromatic heterocycles. The number of imide groups is 1. The van der Waals surface area contributed by atoms with Gasteiger partial charge in [0.05, 0.1) is 11.0 Å². The van der Waals surface area contributed by atoms with Crippen molar-refractivity contribution in [2.45, 2.75) is 38.6 Å². The molecule has 0 saturated carbocycles. The Hall–Kier alpha value is -5.45. The van der Waals surface area contributed by atoms with Crippen LogP contribution in [0.3, 0.4) is 0 Å². The molecule has 15 nitrogen and oxygen atoms in total. The minimum Gasteiger partial charge on any atom is -0.506 e. The number of aryl methyl sites for hydroxylation is 1. The first-order valence-electron chi connectivity index (χ1n) is 16.1. The van der Waals surface area contributed by atoms with E-state index in [1.54, 1.807) is 11.8 Å². The van der Waals surface area contributed by atoms with Crippen LogP contribution in [-0.2, 0) is 36.4 Å². The maximum absolute atomic E-state index is 15.4. The van der Waals surface area contributed by atoms with Gasteiger partial charge >= 0.3 is 15.9 Å². The lowest BCUT2D eigenvalue weighted by atomic mass is 9.84. The molecule has 3 aromatic carbocycles. The molecular formula is C33H34FN7O8S. The van der Waals surface area contributed by atoms with Crippen LogP contribution in [0.5, 0.6) is 5.75 Å². The standard InChI is InChI=1S/C33H34FN7O8S/c1-17-15-39(21-4-6-23-25(14-21)38(2)33(47)41(23)24-7-8-27(43)36-32(24)46)10-9-18(17)13-28(44)35-20-3-5-22-19(11-20)12-26(42)31(30(22)34)40-16-29(45)37-50(40,48)49/h3-6,11-12,14,17-18,24,42H,7-10,13,15-16H2,1-2H3,(H,35,44)(H,37,45)(H,36,43,46)/t17-,18+,24?/m0/s1. The SMILES string of the molecule is C[C@H]1CN(c2ccc3c(c2)n(C)c(=O)n3C2CCC(=O)NC2=O)CC[C@@H]1CC(=O)Nc1ccc2c(F)c(N3CC(=O)NS3(=O)=O)c(O)cc2c1. The number of anilines is 3. The number of fused-ring (bicyclic) bond motifs is 2. The van der Waals surface area contributed by atoms with Gasteiger partial charge in [-0.25, -0.2) is 18.2 Å². The van der Waals surface area contributed by atoms with Gasteiger partial charge in [0.1, 0.15) is 24.0 Å². The van der Waals surface area contributed by atoms with Crippen LogP contribution in [0.25, 0.3) is 21.8 Å². The Kier molecular flexibility index (Phi) is 8.04. The largest absolute Gasteiger partial charge is 0.506 e. The highest BCUT2D eigenvalue weighted by Crippen LogP contribution is 2.39. The van der Waals surface area contributed by atoms with Gasteiger partial charge < -0.3 is 15.3 Å². The van der Waals surface area contributed by atoms with Crippen molar-refractivity contribution in [1.29, 1.82) is 0 Å². The number of hydrogen-bond acceptors (Lipinski definition) is 9. The number of piperidine rings is 2. The Morgan fingerprint density at radius 2 is 1.82 bits per heavy atom. The first kappa shape index (κ1) is 33.1. The summed E-state index contributed by atoms with van der Waals surface area (Å²) in [6.07, 6.45) is 1.37. The minimum absolute atomic E-state index is 0.00265. The van der Waals surface area contributed by atoms with E-state index in [4.69, 9.17) is 0 Å². The van der Waals surface area contributed by atoms with Gasteiger partial charge in [-0.2, -0.15) is 8.42 Å². The second-order valence-corrected chi connectivity index (χ2v) is 14.7. The fourth-order valence-corrected chi connectivity index (χ4v) is 8.42. The lowest BCUT2D eigenvalue weighted by Crippen LogP contribution is -2.44. The lowest BCUT2D eigenvalue weighted by Gasteiger charge is -2.38. The molecule has 3 saturated heterocycles. The molecule has 17 heteroatoms. The third kappa shape index (κ3) is 5.70. The van der Waals surface area contributed by atoms with Gasteiger partial charge in [0.2, 0.25) is 17.7 Å². The monoisotopic (exact) mass is 707 g/mol. The second-order valence-electron chi connectivity index (χ2n) is 13.1. The molecule has 4 heterocycles. The molecule has 262 valence electrons. The van der Waals surface area contributed by atoms with E-state index in [0.717, 1.165) is 12.1 Å². The molecule has 3 fully saturated rings. The minimum atomic E-state index is -4.34. The Bertz CT molecular complexity index is 2300. The number of imidazole rings is 1. The summed E-state index contributed by atoms with van der Waals surface area (Å²) in [6.45, 7) is 2.73. The van der Waals surface area contributed by atoms with Gasteiger partial charge in [-0.3, -0.25) is 33.6 Å². The third-order valence-corrected chi connectivity index (χ3v) is 11.3. The van der Waals surface area contributed by atoms with Crippen molar-refractivity contribution in [3.05, 3.63) is 58.8 Å². The maximum Gasteiger partial charge on any atom is 0.329 e. The number of hydrogen-bond donors (Lipinski definition) is 4. The van der Waals surface area contributed by atoms with Gasteiger partial charge in [0.15, 0.2) is 5.82 Å². The normalized spacial score (nSPS) is 22.2. The Morgan fingerprint density at radius 3 is 2.52 bits per heavy atom. The summed E-state index contributed by atoms with van der Waals surface area (Å²) >= 11 is 0. The van der Waals surface area contributed by atoms with Crippen LogP contribution in [0, 0.1) is 17.7 Å². The summed E-state index contributed by atoms with van der Waals surface area (Å²) < 4.78 is 45.1. The van der Waals surface area contributed by atoms with Gasteiger partial charge in [-0.1, -0.05) is 6.92 Å². The molecule has 7 rings (SSSR count). The summed E-state index contributed by atoms with van der Waals surface area (Å²) in [6, 6.07) is 10.4. The van der Waals surface area contributed by atoms with Gasteiger partial charge in [-0.15, -0.1) is 0 Å². The zero-order valence-corrected chi connectivity index (χ0v) is 27.9. The predicted molar refractivity (Wildman–Crippen MR) is 181 cm³/mol. The number of nitrogens with zero attached hydrogens (tertiary/aromatic N) is 4. The molecular weight excluding hydrogens is 673 g/mol. The van der Waals surface area contributed by atoms with E-state index in [2.05, 4.69) is 22.5 Å². The summed E-state index contributed by atoms with van der Waals surface area (Å²) in [4.78, 5) is 64.3. The zero-order chi connectivity index (χ0) is 35.6. The molecule has 0 spiro atoms. The Labute approximate surface area is 284 Å². The Balaban J connectivity index is 1.02. The number of nitrogens with one attached hydrogen (secondary N) is 3. The molecule has 1 unspecified atom stereocenters. The van der Waals surface area contributed by atoms with Crippen molar-refractivity contribution in [2.24, 2.45) is 18.9 Å². The van der Waals surface area contributed by atoms with Crippen LogP contribution in [-0.4, -0.2) is 65.9 Å². The lowest BCUT2D eigenvalue weighted by molar-refractivity contribution is -0.135. The highest BCUT2D eigenvalue weighted by Gasteiger charge is 2.38. The van der Waals surface area contributed by atoms with Crippen molar-refractivity contribution in [3.8, 4) is 5.75 Å². The van der Waals surface area contributed by atoms with Crippen molar-refractivity contribution in [1.82, 2.24) is 19.2 Å². The van der Waals surface area contributed by atoms with E-state index in [1.807, 2.05) is 18.2 Å². The van der Waals surface area contributed by atoms with Crippen LogP contribution >= 0.6 is 0 Å². The number of amides is 4. The summed E-state index contributed by atoms with van der Waals surface area (Å²) in [5, 5.41) is 15.9. The van der Waals surface area contributed by atoms with Crippen LogP contribution in [0.4, 0.5) is 21.5 Å². The number of rotatable bonds is 6. The van der Waals surface area contributed by atoms with E-state index >= 15 is 4.39 Å². The van der Waals surface area contributed by atoms with E-state index in [1.165, 1.54) is 33.4 Å². The fourth-order valence-electron chi connectivity index (χ4n) is 7.26. The highest BCUT2D eigenvalue weighted by molar-refractivity contribution is 7.92. The molecule has 4 amide bonds. The topological polar surface area (TPSA) is 192 Å². The average Bonchev–Trinajstić information content (AvgIpc) is 3.46. The van der Waals surface area contributed by atoms with E-state index in [0.29, 0.717) is 34.1 Å². The number of halogens is 1. The maximum atomic E-state index is 15.4. The predicted octanol–water partition coefficient (Wildman–Crippen LogP) is 1.99. The van der Waals surface area contributed by atoms with Crippen molar-refractivity contribution in [2.75, 3.05) is 34.2 Å². The van der Waals surface area contributed by atoms with Crippen LogP contribution in [0.1, 0.15) is 38.6 Å². The summed E-state index contributed by atoms with van der Waals surface area (Å²) in [7, 11) is -2.69. The third-order valence-electron chi connectivity index (χ3n) is 9.87. The van der Waals surface area contributed by atoms with Crippen molar-refractivity contribution >= 4 is 72.7 Å². The molecule has 3 atom stereocenters. The van der Waals surface area contributed by atoms with Crippen molar-refractivity contribution < 1.29 is 37.1 Å². The average molecular weight is 708 g/mol. The first-order chi connectivity index (χ1) is 23.7. The van der Waals surface area contributed by atoms with E-state index < -0.39 is 51.9 Å². The number of carbonyl (C=O) groups is 4. The second kappa shape index (κ2) is 12.2. The van der Waals surface area contributed by atoms with Crippen LogP contribution < -0.4 is 30.3 Å². The summed E-state index contributed by atoms with van der Waals surface area (Å²) in [5.74, 6) is -3.43. The van der Waals surface area contributed by atoms with E-state index in [-0.39, 0.29) is 59.4 Å². The highest BCUT2D eigenvalue weighted by atomic mass is 32.2. The molecule has 3 aliphatic rings. The summed E-state index contributed by atoms with van der Waals surface area (Å²) in [5.41, 5.74) is 1.57. The fraction of sp³-hybridized carbons (Fsp3) is 0.364. The molecule has 4 N–H and O–H groups in total. The van der Waals surface area contributed by atoms with Crippen LogP contribution in [0.15, 0.2) is 47.3 Å². The van der Waals surface area contributed by atoms with Gasteiger partial charge in [-0.05, 0) is 72.5 Å². The molecule has 0 bridgehead atoms. The number of carbonyl (C=O) groups excluding carboxylic acids is 4. The number of benzene rings is 3.